The summed E-state index contributed by atoms with van der Waals surface area (Å²) in [6.45, 7) is 8.16. The van der Waals surface area contributed by atoms with E-state index in [1.54, 1.807) is 39.0 Å². The molecular weight excluding hydrogens is 689 g/mol. The summed E-state index contributed by atoms with van der Waals surface area (Å²) in [5.41, 5.74) is 11.9. The highest BCUT2D eigenvalue weighted by Crippen LogP contribution is 2.33. The quantitative estimate of drug-likeness (QED) is 0.131. The van der Waals surface area contributed by atoms with Crippen LogP contribution in [0.15, 0.2) is 42.5 Å². The fraction of sp³-hybridized carbons (Fsp3) is 0.471. The molecule has 0 saturated heterocycles. The van der Waals surface area contributed by atoms with Crippen LogP contribution in [0.4, 0.5) is 16.2 Å². The Balaban J connectivity index is 1.90. The average molecular weight is 737 g/mol. The maximum Gasteiger partial charge on any atom is 0.417 e. The lowest BCUT2D eigenvalue weighted by atomic mass is 10.1. The van der Waals surface area contributed by atoms with Gasteiger partial charge in [-0.15, -0.1) is 0 Å². The van der Waals surface area contributed by atoms with Crippen molar-refractivity contribution in [3.63, 3.8) is 0 Å². The number of carbonyl (C=O) groups excluding carboxylic acids is 6. The van der Waals surface area contributed by atoms with Crippen molar-refractivity contribution in [2.75, 3.05) is 18.4 Å². The lowest BCUT2D eigenvalue weighted by Crippen LogP contribution is -2.53. The van der Waals surface area contributed by atoms with Crippen LogP contribution in [0.2, 0.25) is 10.0 Å². The Labute approximate surface area is 302 Å². The molecule has 0 spiro atoms. The Kier molecular flexibility index (Phi) is 16.5. The number of ether oxygens (including phenoxy) is 1. The summed E-state index contributed by atoms with van der Waals surface area (Å²) in [4.78, 5) is 76.5. The van der Waals surface area contributed by atoms with Crippen molar-refractivity contribution < 1.29 is 33.5 Å². The molecule has 8 N–H and O–H groups in total. The molecule has 2 aromatic rings. The largest absolute Gasteiger partial charge is 0.443 e. The Morgan fingerprint density at radius 2 is 1.48 bits per heavy atom. The Hall–Kier alpha value is -4.40. The number of para-hydroxylation sites is 2. The minimum Gasteiger partial charge on any atom is -0.443 e. The van der Waals surface area contributed by atoms with Crippen LogP contribution < -0.4 is 32.7 Å². The Morgan fingerprint density at radius 1 is 0.880 bits per heavy atom. The van der Waals surface area contributed by atoms with Crippen molar-refractivity contribution in [3.8, 4) is 0 Å². The molecule has 0 bridgehead atoms. The number of unbranched alkanes of at least 4 members (excludes halogenated alkanes) is 1. The highest BCUT2D eigenvalue weighted by atomic mass is 35.5. The number of nitrogens with two attached hydrogens (primary N) is 2. The van der Waals surface area contributed by atoms with Crippen molar-refractivity contribution >= 4 is 70.2 Å². The first-order valence-electron chi connectivity index (χ1n) is 16.1. The third-order valence-corrected chi connectivity index (χ3v) is 7.79. The molecule has 0 radical (unpaired) electrons. The second kappa shape index (κ2) is 19.7. The molecule has 2 rings (SSSR count). The molecule has 0 fully saturated rings. The zero-order valence-corrected chi connectivity index (χ0v) is 30.5. The SMILES string of the molecule is C[C@H](N)C(=O)N[C@H](CCC(=O)N(C(=O)OC(C)(C)C)[C@@H](C)C(=O)NCCCCNC(=O)Cc1ccccc1Nc1c(Cl)cccc1Cl)C(N)=O. The van der Waals surface area contributed by atoms with Gasteiger partial charge in [0.2, 0.25) is 29.5 Å². The fourth-order valence-corrected chi connectivity index (χ4v) is 4.99. The molecule has 0 aliphatic rings. The number of amides is 6. The van der Waals surface area contributed by atoms with E-state index in [1.165, 1.54) is 13.8 Å². The van der Waals surface area contributed by atoms with Gasteiger partial charge in [0.15, 0.2) is 0 Å². The van der Waals surface area contributed by atoms with E-state index < -0.39 is 59.9 Å². The third-order valence-electron chi connectivity index (χ3n) is 7.16. The molecular formula is C34H47Cl2N7O7. The van der Waals surface area contributed by atoms with Gasteiger partial charge in [-0.2, -0.15) is 0 Å². The predicted octanol–water partition coefficient (Wildman–Crippen LogP) is 3.54. The molecule has 0 unspecified atom stereocenters. The number of nitrogens with zero attached hydrogens (tertiary/aromatic N) is 1. The molecule has 6 amide bonds. The molecule has 14 nitrogen and oxygen atoms in total. The van der Waals surface area contributed by atoms with Crippen molar-refractivity contribution in [1.82, 2.24) is 20.9 Å². The summed E-state index contributed by atoms with van der Waals surface area (Å²) in [7, 11) is 0. The van der Waals surface area contributed by atoms with Crippen LogP contribution in [-0.2, 0) is 35.1 Å². The minimum atomic E-state index is -1.27. The monoisotopic (exact) mass is 735 g/mol. The first-order valence-corrected chi connectivity index (χ1v) is 16.9. The first-order chi connectivity index (χ1) is 23.4. The number of benzene rings is 2. The van der Waals surface area contributed by atoms with Crippen molar-refractivity contribution in [1.29, 1.82) is 0 Å². The standard InChI is InChI=1S/C34H47Cl2N7O7/c1-20(37)31(47)42-26(30(38)46)15-16-28(45)43(33(49)50-34(3,4)5)21(2)32(48)40-18-9-8-17-39-27(44)19-22-11-6-7-14-25(22)41-29-23(35)12-10-13-24(29)36/h6-7,10-14,20-21,26,41H,8-9,15-19,37H2,1-5H3,(H2,38,46)(H,39,44)(H,40,48)(H,42,47)/t20-,21-,26+/m0/s1. The van der Waals surface area contributed by atoms with Gasteiger partial charge in [-0.3, -0.25) is 24.0 Å². The van der Waals surface area contributed by atoms with E-state index in [4.69, 9.17) is 39.4 Å². The van der Waals surface area contributed by atoms with Gasteiger partial charge in [0.1, 0.15) is 17.7 Å². The van der Waals surface area contributed by atoms with Gasteiger partial charge in [-0.05, 0) is 77.6 Å². The van der Waals surface area contributed by atoms with Crippen molar-refractivity contribution in [3.05, 3.63) is 58.1 Å². The summed E-state index contributed by atoms with van der Waals surface area (Å²) < 4.78 is 5.36. The summed E-state index contributed by atoms with van der Waals surface area (Å²) >= 11 is 12.6. The molecule has 0 aliphatic heterocycles. The molecule has 16 heteroatoms. The van der Waals surface area contributed by atoms with E-state index in [0.717, 1.165) is 5.56 Å². The third kappa shape index (κ3) is 13.8. The lowest BCUT2D eigenvalue weighted by molar-refractivity contribution is -0.139. The molecule has 0 heterocycles. The number of primary amides is 1. The van der Waals surface area contributed by atoms with Crippen molar-refractivity contribution in [2.45, 2.75) is 90.4 Å². The number of hydrogen-bond donors (Lipinski definition) is 6. The van der Waals surface area contributed by atoms with Crippen LogP contribution in [0.5, 0.6) is 0 Å². The van der Waals surface area contributed by atoms with Crippen LogP contribution in [-0.4, -0.2) is 77.3 Å². The first kappa shape index (κ1) is 41.8. The average Bonchev–Trinajstić information content (AvgIpc) is 3.02. The smallest absolute Gasteiger partial charge is 0.417 e. The number of carbonyl (C=O) groups is 6. The number of hydrogen-bond acceptors (Lipinski definition) is 9. The Bertz CT molecular complexity index is 1510. The molecule has 50 heavy (non-hydrogen) atoms. The topological polar surface area (TPSA) is 215 Å². The Morgan fingerprint density at radius 3 is 2.06 bits per heavy atom. The van der Waals surface area contributed by atoms with E-state index in [2.05, 4.69) is 21.3 Å². The summed E-state index contributed by atoms with van der Waals surface area (Å²) in [5.74, 6) is -3.16. The summed E-state index contributed by atoms with van der Waals surface area (Å²) in [6.07, 6.45) is -0.558. The van der Waals surface area contributed by atoms with E-state index >= 15 is 0 Å². The number of rotatable bonds is 17. The molecule has 0 aliphatic carbocycles. The summed E-state index contributed by atoms with van der Waals surface area (Å²) in [5, 5.41) is 12.0. The number of nitrogens with one attached hydrogen (secondary N) is 4. The molecule has 2 aromatic carbocycles. The maximum atomic E-state index is 13.2. The normalized spacial score (nSPS) is 12.9. The van der Waals surface area contributed by atoms with E-state index in [9.17, 15) is 28.8 Å². The van der Waals surface area contributed by atoms with Gasteiger partial charge < -0.3 is 37.5 Å². The number of anilines is 2. The van der Waals surface area contributed by atoms with Gasteiger partial charge in [0, 0.05) is 25.2 Å². The summed E-state index contributed by atoms with van der Waals surface area (Å²) in [6, 6.07) is 9.06. The second-order valence-electron chi connectivity index (χ2n) is 12.6. The van der Waals surface area contributed by atoms with Gasteiger partial charge in [0.05, 0.1) is 28.2 Å². The van der Waals surface area contributed by atoms with Gasteiger partial charge in [0.25, 0.3) is 0 Å². The van der Waals surface area contributed by atoms with Crippen LogP contribution in [0, 0.1) is 0 Å². The molecule has 274 valence electrons. The predicted molar refractivity (Wildman–Crippen MR) is 192 cm³/mol. The number of imide groups is 1. The number of halogens is 2. The van der Waals surface area contributed by atoms with E-state index in [-0.39, 0.29) is 25.3 Å². The van der Waals surface area contributed by atoms with Gasteiger partial charge in [-0.25, -0.2) is 9.69 Å². The fourth-order valence-electron chi connectivity index (χ4n) is 4.50. The van der Waals surface area contributed by atoms with E-state index in [1.807, 2.05) is 24.3 Å². The molecule has 0 aromatic heterocycles. The second-order valence-corrected chi connectivity index (χ2v) is 13.4. The highest BCUT2D eigenvalue weighted by Gasteiger charge is 2.35. The van der Waals surface area contributed by atoms with Crippen LogP contribution in [0.25, 0.3) is 0 Å². The zero-order chi connectivity index (χ0) is 37.6. The highest BCUT2D eigenvalue weighted by molar-refractivity contribution is 6.39. The molecule has 0 saturated carbocycles. The minimum absolute atomic E-state index is 0.104. The van der Waals surface area contributed by atoms with Crippen LogP contribution in [0.3, 0.4) is 0 Å². The van der Waals surface area contributed by atoms with Gasteiger partial charge in [-0.1, -0.05) is 47.5 Å². The lowest BCUT2D eigenvalue weighted by Gasteiger charge is -2.30. The van der Waals surface area contributed by atoms with Crippen LogP contribution >= 0.6 is 23.2 Å². The van der Waals surface area contributed by atoms with Crippen molar-refractivity contribution in [2.24, 2.45) is 11.5 Å². The molecule has 3 atom stereocenters. The van der Waals surface area contributed by atoms with E-state index in [0.29, 0.717) is 45.7 Å². The zero-order valence-electron chi connectivity index (χ0n) is 28.9. The van der Waals surface area contributed by atoms with Crippen LogP contribution in [0.1, 0.15) is 65.9 Å². The maximum absolute atomic E-state index is 13.2. The van der Waals surface area contributed by atoms with Gasteiger partial charge >= 0.3 is 6.09 Å².